The maximum atomic E-state index is 12.8. The minimum absolute atomic E-state index is 0.0126. The third-order valence-electron chi connectivity index (χ3n) is 5.62. The van der Waals surface area contributed by atoms with Gasteiger partial charge in [0.2, 0.25) is 0 Å². The minimum Gasteiger partial charge on any atom is -0.395 e. The molecule has 7 nitrogen and oxygen atoms in total. The third kappa shape index (κ3) is 3.15. The van der Waals surface area contributed by atoms with Crippen molar-refractivity contribution in [2.75, 3.05) is 64.5 Å². The molecular weight excluding hydrogens is 358 g/mol. The second kappa shape index (κ2) is 7.87. The van der Waals surface area contributed by atoms with Gasteiger partial charge in [0.25, 0.3) is 11.8 Å². The fourth-order valence-electron chi connectivity index (χ4n) is 4.14. The molecule has 28 heavy (non-hydrogen) atoms. The van der Waals surface area contributed by atoms with Crippen LogP contribution in [0, 0.1) is 0 Å². The first-order chi connectivity index (χ1) is 13.7. The molecule has 0 radical (unpaired) electrons. The quantitative estimate of drug-likeness (QED) is 0.756. The average molecular weight is 383 g/mol. The Kier molecular flexibility index (Phi) is 5.30. The zero-order chi connectivity index (χ0) is 19.7. The number of carbonyl (C=O) groups is 2. The Bertz CT molecular complexity index is 884. The zero-order valence-electron chi connectivity index (χ0n) is 16.1. The number of carbonyl (C=O) groups excluding carboxylic acids is 2. The monoisotopic (exact) mass is 383 g/mol. The lowest BCUT2D eigenvalue weighted by atomic mass is 9.92. The van der Waals surface area contributed by atoms with Gasteiger partial charge in [0.15, 0.2) is 0 Å². The molecule has 2 aliphatic heterocycles. The highest BCUT2D eigenvalue weighted by atomic mass is 16.5. The smallest absolute Gasteiger partial charge is 0.261 e. The first kappa shape index (κ1) is 18.9. The van der Waals surface area contributed by atoms with Crippen LogP contribution in [-0.4, -0.2) is 86.3 Å². The van der Waals surface area contributed by atoms with Crippen molar-refractivity contribution in [2.45, 2.75) is 0 Å². The van der Waals surface area contributed by atoms with Crippen LogP contribution >= 0.6 is 0 Å². The van der Waals surface area contributed by atoms with E-state index in [0.717, 1.165) is 60.7 Å². The molecule has 0 aliphatic carbocycles. The number of nitrogens with zero attached hydrogens (tertiary/aromatic N) is 3. The van der Waals surface area contributed by atoms with Gasteiger partial charge in [-0.25, -0.2) is 0 Å². The Morgan fingerprint density at radius 1 is 0.964 bits per heavy atom. The summed E-state index contributed by atoms with van der Waals surface area (Å²) in [6.45, 7) is 5.12. The predicted molar refractivity (Wildman–Crippen MR) is 107 cm³/mol. The van der Waals surface area contributed by atoms with Crippen molar-refractivity contribution < 1.29 is 19.4 Å². The van der Waals surface area contributed by atoms with Gasteiger partial charge in [0, 0.05) is 67.4 Å². The predicted octanol–water partition coefficient (Wildman–Crippen LogP) is 1.20. The molecule has 2 aromatic carbocycles. The summed E-state index contributed by atoms with van der Waals surface area (Å²) in [5, 5.41) is 10.9. The van der Waals surface area contributed by atoms with E-state index in [4.69, 9.17) is 4.74 Å². The molecule has 0 unspecified atom stereocenters. The van der Waals surface area contributed by atoms with Gasteiger partial charge < -0.3 is 14.7 Å². The first-order valence-corrected chi connectivity index (χ1v) is 9.64. The summed E-state index contributed by atoms with van der Waals surface area (Å²) in [7, 11) is 1.72. The van der Waals surface area contributed by atoms with Gasteiger partial charge in [-0.15, -0.1) is 0 Å². The molecule has 0 saturated carbocycles. The summed E-state index contributed by atoms with van der Waals surface area (Å²) in [5.41, 5.74) is 2.12. The summed E-state index contributed by atoms with van der Waals surface area (Å²) in [6.07, 6.45) is 0. The fraction of sp³-hybridized carbons (Fsp3) is 0.429. The number of methoxy groups -OCH3 is 1. The van der Waals surface area contributed by atoms with Crippen molar-refractivity contribution in [1.29, 1.82) is 0 Å². The summed E-state index contributed by atoms with van der Waals surface area (Å²) >= 11 is 0. The second-order valence-electron chi connectivity index (χ2n) is 7.17. The van der Waals surface area contributed by atoms with Crippen LogP contribution in [0.25, 0.3) is 10.8 Å². The van der Waals surface area contributed by atoms with Crippen molar-refractivity contribution >= 4 is 28.3 Å². The normalized spacial score (nSPS) is 17.6. The van der Waals surface area contributed by atoms with Crippen LogP contribution in [0.3, 0.4) is 0 Å². The molecule has 2 aliphatic rings. The summed E-state index contributed by atoms with van der Waals surface area (Å²) in [4.78, 5) is 31.4. The molecule has 2 aromatic rings. The molecule has 7 heteroatoms. The Morgan fingerprint density at radius 2 is 1.68 bits per heavy atom. The number of aliphatic hydroxyl groups excluding tert-OH is 1. The van der Waals surface area contributed by atoms with E-state index in [9.17, 15) is 14.7 Å². The number of hydrogen-bond acceptors (Lipinski definition) is 6. The molecule has 2 amide bonds. The summed E-state index contributed by atoms with van der Waals surface area (Å²) < 4.78 is 5.17. The largest absolute Gasteiger partial charge is 0.395 e. The van der Waals surface area contributed by atoms with E-state index < -0.39 is 0 Å². The van der Waals surface area contributed by atoms with Crippen LogP contribution in [0.15, 0.2) is 30.3 Å². The number of imide groups is 1. The van der Waals surface area contributed by atoms with Crippen LogP contribution < -0.4 is 4.90 Å². The van der Waals surface area contributed by atoms with Crippen LogP contribution in [0.4, 0.5) is 5.69 Å². The van der Waals surface area contributed by atoms with Crippen molar-refractivity contribution in [3.05, 3.63) is 41.5 Å². The lowest BCUT2D eigenvalue weighted by Gasteiger charge is -2.37. The van der Waals surface area contributed by atoms with Crippen molar-refractivity contribution in [3.63, 3.8) is 0 Å². The average Bonchev–Trinajstić information content (AvgIpc) is 2.73. The number of β-amino-alcohol motifs (C(OH)–C–C–N with tert-alkyl or cyclic N) is 1. The molecule has 148 valence electrons. The van der Waals surface area contributed by atoms with Gasteiger partial charge >= 0.3 is 0 Å². The van der Waals surface area contributed by atoms with Gasteiger partial charge in [-0.2, -0.15) is 0 Å². The Labute approximate surface area is 164 Å². The highest BCUT2D eigenvalue weighted by Crippen LogP contribution is 2.36. The SMILES string of the molecule is COCCN1CCN(c2ccc3c4c(cccc24)C(=O)N(CCO)C3=O)CC1. The maximum Gasteiger partial charge on any atom is 0.261 e. The highest BCUT2D eigenvalue weighted by molar-refractivity contribution is 6.26. The van der Waals surface area contributed by atoms with Crippen molar-refractivity contribution in [3.8, 4) is 0 Å². The minimum atomic E-state index is -0.335. The Hall–Kier alpha value is -2.48. The number of ether oxygens (including phenoxy) is 1. The second-order valence-corrected chi connectivity index (χ2v) is 7.17. The Balaban J connectivity index is 1.68. The molecular formula is C21H25N3O4. The van der Waals surface area contributed by atoms with Gasteiger partial charge in [0.05, 0.1) is 19.8 Å². The van der Waals surface area contributed by atoms with E-state index >= 15 is 0 Å². The molecule has 0 aromatic heterocycles. The van der Waals surface area contributed by atoms with Crippen LogP contribution in [0.1, 0.15) is 20.7 Å². The number of rotatable bonds is 6. The molecule has 0 bridgehead atoms. The summed E-state index contributed by atoms with van der Waals surface area (Å²) in [5.74, 6) is -0.669. The number of aliphatic hydroxyl groups is 1. The van der Waals surface area contributed by atoms with E-state index in [1.54, 1.807) is 13.2 Å². The van der Waals surface area contributed by atoms with Crippen molar-refractivity contribution in [2.24, 2.45) is 0 Å². The third-order valence-corrected chi connectivity index (χ3v) is 5.62. The molecule has 2 heterocycles. The van der Waals surface area contributed by atoms with E-state index in [0.29, 0.717) is 11.1 Å². The standard InChI is InChI=1S/C21H25N3O4/c1-28-14-12-22-7-9-23(10-8-22)18-6-5-17-19-15(18)3-2-4-16(19)20(26)24(11-13-25)21(17)27/h2-6,25H,7-14H2,1H3. The van der Waals surface area contributed by atoms with Gasteiger partial charge in [-0.3, -0.25) is 19.4 Å². The lowest BCUT2D eigenvalue weighted by molar-refractivity contribution is 0.0580. The van der Waals surface area contributed by atoms with E-state index in [1.165, 1.54) is 0 Å². The molecule has 1 saturated heterocycles. The van der Waals surface area contributed by atoms with Crippen molar-refractivity contribution in [1.82, 2.24) is 9.80 Å². The van der Waals surface area contributed by atoms with Crippen LogP contribution in [-0.2, 0) is 4.74 Å². The number of hydrogen-bond donors (Lipinski definition) is 1. The number of anilines is 1. The molecule has 4 rings (SSSR count). The zero-order valence-corrected chi connectivity index (χ0v) is 16.1. The van der Waals surface area contributed by atoms with Gasteiger partial charge in [0.1, 0.15) is 0 Å². The number of amides is 2. The van der Waals surface area contributed by atoms with E-state index in [2.05, 4.69) is 9.80 Å². The lowest BCUT2D eigenvalue weighted by Crippen LogP contribution is -2.47. The topological polar surface area (TPSA) is 73.3 Å². The molecule has 1 N–H and O–H groups in total. The molecule has 0 atom stereocenters. The maximum absolute atomic E-state index is 12.8. The molecule has 0 spiro atoms. The number of benzene rings is 2. The highest BCUT2D eigenvalue weighted by Gasteiger charge is 2.33. The van der Waals surface area contributed by atoms with E-state index in [-0.39, 0.29) is 25.0 Å². The van der Waals surface area contributed by atoms with Crippen LogP contribution in [0.2, 0.25) is 0 Å². The van der Waals surface area contributed by atoms with Gasteiger partial charge in [-0.1, -0.05) is 12.1 Å². The van der Waals surface area contributed by atoms with Crippen LogP contribution in [0.5, 0.6) is 0 Å². The summed E-state index contributed by atoms with van der Waals surface area (Å²) in [6, 6.07) is 9.41. The fourth-order valence-corrected chi connectivity index (χ4v) is 4.14. The van der Waals surface area contributed by atoms with E-state index in [1.807, 2.05) is 24.3 Å². The molecule has 1 fully saturated rings. The number of piperazine rings is 1. The van der Waals surface area contributed by atoms with Gasteiger partial charge in [-0.05, 0) is 18.2 Å². The first-order valence-electron chi connectivity index (χ1n) is 9.64. The Morgan fingerprint density at radius 3 is 2.36 bits per heavy atom.